The van der Waals surface area contributed by atoms with E-state index in [2.05, 4.69) is 85.2 Å². The second kappa shape index (κ2) is 6.82. The van der Waals surface area contributed by atoms with Gasteiger partial charge in [0.2, 0.25) is 0 Å². The highest BCUT2D eigenvalue weighted by atomic mass is 16.1. The van der Waals surface area contributed by atoms with Crippen LogP contribution >= 0.6 is 0 Å². The van der Waals surface area contributed by atoms with Gasteiger partial charge in [-0.3, -0.25) is 9.20 Å². The molecule has 3 nitrogen and oxygen atoms in total. The fraction of sp³-hybridized carbons (Fsp3) is 0.0645. The van der Waals surface area contributed by atoms with Gasteiger partial charge in [0, 0.05) is 43.9 Å². The van der Waals surface area contributed by atoms with Crippen LogP contribution < -0.4 is 5.56 Å². The van der Waals surface area contributed by atoms with Gasteiger partial charge in [-0.15, -0.1) is 0 Å². The lowest BCUT2D eigenvalue weighted by molar-refractivity contribution is 1.05. The van der Waals surface area contributed by atoms with Crippen LogP contribution in [0.15, 0.2) is 95.8 Å². The first-order valence-corrected chi connectivity index (χ1v) is 11.6. The van der Waals surface area contributed by atoms with Crippen LogP contribution in [0.3, 0.4) is 0 Å². The van der Waals surface area contributed by atoms with Gasteiger partial charge < -0.3 is 4.57 Å². The van der Waals surface area contributed by atoms with Gasteiger partial charge in [-0.25, -0.2) is 0 Å². The molecule has 0 atom stereocenters. The molecule has 0 fully saturated rings. The normalized spacial score (nSPS) is 12.4. The molecule has 3 heterocycles. The molecule has 0 aliphatic carbocycles. The minimum Gasteiger partial charge on any atom is -0.313 e. The molecule has 7 rings (SSSR count). The zero-order valence-corrected chi connectivity index (χ0v) is 19.0. The zero-order valence-electron chi connectivity index (χ0n) is 19.0. The summed E-state index contributed by atoms with van der Waals surface area (Å²) in [5, 5.41) is 6.30. The number of pyridine rings is 1. The lowest BCUT2D eigenvalue weighted by Gasteiger charge is -2.13. The number of hydrogen-bond acceptors (Lipinski definition) is 1. The standard InChI is InChI=1S/C31H22N2O/c1-3-10-21-19(2)32(28-15-8-6-12-23(21)28)20-17-26-22-11-4-5-14-25(22)31(34)33-29-16-9-7-13-24(29)27(18-20)30(26)33/h3-18H,1-2H3/b10-3-. The van der Waals surface area contributed by atoms with Crippen LogP contribution in [0.4, 0.5) is 0 Å². The van der Waals surface area contributed by atoms with Gasteiger partial charge in [0.05, 0.1) is 16.6 Å². The van der Waals surface area contributed by atoms with Crippen molar-refractivity contribution in [2.24, 2.45) is 0 Å². The highest BCUT2D eigenvalue weighted by Gasteiger charge is 2.20. The quantitative estimate of drug-likeness (QED) is 0.257. The Morgan fingerprint density at radius 3 is 2.00 bits per heavy atom. The maximum absolute atomic E-state index is 13.6. The van der Waals surface area contributed by atoms with Crippen molar-refractivity contribution in [2.75, 3.05) is 0 Å². The van der Waals surface area contributed by atoms with Gasteiger partial charge in [-0.1, -0.05) is 66.7 Å². The van der Waals surface area contributed by atoms with E-state index >= 15 is 0 Å². The van der Waals surface area contributed by atoms with Gasteiger partial charge in [-0.2, -0.15) is 0 Å². The molecule has 0 aliphatic rings. The Bertz CT molecular complexity index is 2000. The smallest absolute Gasteiger partial charge is 0.263 e. The summed E-state index contributed by atoms with van der Waals surface area (Å²) in [6, 6.07) is 29.3. The number of hydrogen-bond donors (Lipinski definition) is 0. The van der Waals surface area contributed by atoms with E-state index < -0.39 is 0 Å². The van der Waals surface area contributed by atoms with E-state index in [1.54, 1.807) is 0 Å². The molecule has 0 aliphatic heterocycles. The van der Waals surface area contributed by atoms with Crippen LogP contribution in [0, 0.1) is 6.92 Å². The molecule has 0 N–H and O–H groups in total. The Morgan fingerprint density at radius 1 is 0.676 bits per heavy atom. The van der Waals surface area contributed by atoms with E-state index in [0.717, 1.165) is 43.7 Å². The van der Waals surface area contributed by atoms with E-state index in [4.69, 9.17) is 0 Å². The van der Waals surface area contributed by atoms with Gasteiger partial charge in [0.1, 0.15) is 0 Å². The molecular formula is C31H22N2O. The summed E-state index contributed by atoms with van der Waals surface area (Å²) < 4.78 is 4.25. The lowest BCUT2D eigenvalue weighted by atomic mass is 10.0. The Morgan fingerprint density at radius 2 is 1.26 bits per heavy atom. The fourth-order valence-corrected chi connectivity index (χ4v) is 5.75. The van der Waals surface area contributed by atoms with Gasteiger partial charge >= 0.3 is 0 Å². The van der Waals surface area contributed by atoms with Gasteiger partial charge in [-0.05, 0) is 49.6 Å². The van der Waals surface area contributed by atoms with Crippen molar-refractivity contribution in [2.45, 2.75) is 13.8 Å². The molecule has 0 saturated carbocycles. The Kier molecular flexibility index (Phi) is 3.83. The van der Waals surface area contributed by atoms with Gasteiger partial charge in [0.15, 0.2) is 0 Å². The lowest BCUT2D eigenvalue weighted by Crippen LogP contribution is -2.13. The van der Waals surface area contributed by atoms with Crippen LogP contribution in [0.1, 0.15) is 18.2 Å². The largest absolute Gasteiger partial charge is 0.313 e. The van der Waals surface area contributed by atoms with Crippen molar-refractivity contribution in [3.63, 3.8) is 0 Å². The first kappa shape index (κ1) is 19.1. The second-order valence-electron chi connectivity index (χ2n) is 8.94. The van der Waals surface area contributed by atoms with E-state index in [9.17, 15) is 4.79 Å². The van der Waals surface area contributed by atoms with Gasteiger partial charge in [0.25, 0.3) is 5.56 Å². The number of benzene rings is 4. The molecule has 7 aromatic rings. The van der Waals surface area contributed by atoms with Crippen LogP contribution in [0.25, 0.3) is 60.6 Å². The highest BCUT2D eigenvalue weighted by molar-refractivity contribution is 6.21. The molecule has 0 amide bonds. The summed E-state index contributed by atoms with van der Waals surface area (Å²) in [6.07, 6.45) is 4.29. The van der Waals surface area contributed by atoms with Crippen molar-refractivity contribution in [3.8, 4) is 5.69 Å². The minimum absolute atomic E-state index is 0.0417. The number of rotatable bonds is 2. The van der Waals surface area contributed by atoms with E-state index in [1.807, 2.05) is 34.7 Å². The first-order chi connectivity index (χ1) is 16.7. The predicted molar refractivity (Wildman–Crippen MR) is 144 cm³/mol. The Hall–Kier alpha value is -4.37. The summed E-state index contributed by atoms with van der Waals surface area (Å²) in [5.74, 6) is 0. The van der Waals surface area contributed by atoms with Crippen molar-refractivity contribution in [1.82, 2.24) is 8.97 Å². The molecular weight excluding hydrogens is 416 g/mol. The average molecular weight is 439 g/mol. The maximum Gasteiger partial charge on any atom is 0.263 e. The van der Waals surface area contributed by atoms with Crippen molar-refractivity contribution < 1.29 is 0 Å². The maximum atomic E-state index is 13.6. The first-order valence-electron chi connectivity index (χ1n) is 11.6. The summed E-state index contributed by atoms with van der Waals surface area (Å²) in [5.41, 5.74) is 6.73. The summed E-state index contributed by atoms with van der Waals surface area (Å²) in [4.78, 5) is 13.6. The number of para-hydroxylation sites is 2. The Balaban J connectivity index is 1.74. The zero-order chi connectivity index (χ0) is 23.0. The number of nitrogens with zero attached hydrogens (tertiary/aromatic N) is 2. The average Bonchev–Trinajstić information content (AvgIpc) is 3.35. The fourth-order valence-electron chi connectivity index (χ4n) is 5.75. The minimum atomic E-state index is 0.0417. The van der Waals surface area contributed by atoms with Crippen LogP contribution in [0.5, 0.6) is 0 Å². The number of aromatic nitrogens is 2. The molecule has 162 valence electrons. The molecule has 3 aromatic heterocycles. The molecule has 0 saturated heterocycles. The molecule has 0 radical (unpaired) electrons. The molecule has 0 bridgehead atoms. The third kappa shape index (κ3) is 2.33. The second-order valence-corrected chi connectivity index (χ2v) is 8.94. The van der Waals surface area contributed by atoms with Crippen molar-refractivity contribution >= 4 is 54.9 Å². The molecule has 3 heteroatoms. The third-order valence-corrected chi connectivity index (χ3v) is 7.16. The van der Waals surface area contributed by atoms with Crippen LogP contribution in [-0.2, 0) is 0 Å². The van der Waals surface area contributed by atoms with Crippen LogP contribution in [0.2, 0.25) is 0 Å². The topological polar surface area (TPSA) is 26.4 Å². The number of fused-ring (bicyclic) bond motifs is 6. The monoisotopic (exact) mass is 438 g/mol. The third-order valence-electron chi connectivity index (χ3n) is 7.16. The van der Waals surface area contributed by atoms with E-state index in [0.29, 0.717) is 0 Å². The van der Waals surface area contributed by atoms with Crippen LogP contribution in [-0.4, -0.2) is 8.97 Å². The SMILES string of the molecule is C/C=C\c1c(C)n(-c2cc3c4ccccc4c(=O)n4c5ccccc5c(c2)c34)c2ccccc12. The molecule has 34 heavy (non-hydrogen) atoms. The molecule has 4 aromatic carbocycles. The number of allylic oxidation sites excluding steroid dienone is 1. The summed E-state index contributed by atoms with van der Waals surface area (Å²) in [6.45, 7) is 4.25. The van der Waals surface area contributed by atoms with Crippen molar-refractivity contribution in [3.05, 3.63) is 113 Å². The summed E-state index contributed by atoms with van der Waals surface area (Å²) >= 11 is 0. The van der Waals surface area contributed by atoms with E-state index in [1.165, 1.54) is 22.2 Å². The summed E-state index contributed by atoms with van der Waals surface area (Å²) in [7, 11) is 0. The van der Waals surface area contributed by atoms with Crippen molar-refractivity contribution in [1.29, 1.82) is 0 Å². The van der Waals surface area contributed by atoms with E-state index in [-0.39, 0.29) is 5.56 Å². The molecule has 0 unspecified atom stereocenters. The highest BCUT2D eigenvalue weighted by Crippen LogP contribution is 2.38. The predicted octanol–water partition coefficient (Wildman–Crippen LogP) is 7.48. The molecule has 0 spiro atoms. The Labute approximate surface area is 196 Å².